The maximum atomic E-state index is 9.36. The highest BCUT2D eigenvalue weighted by atomic mass is 16.4. The molecule has 0 aliphatic carbocycles. The molecule has 0 aliphatic rings. The molecule has 0 aliphatic heterocycles. The van der Waals surface area contributed by atoms with E-state index in [9.17, 15) is 15.3 Å². The third kappa shape index (κ3) is 6.81. The Hall–Kier alpha value is -0.200. The van der Waals surface area contributed by atoms with Crippen LogP contribution in [0.1, 0.15) is 26.2 Å². The maximum Gasteiger partial charge on any atom is 0.105 e. The lowest BCUT2D eigenvalue weighted by Crippen LogP contribution is -2.35. The van der Waals surface area contributed by atoms with Gasteiger partial charge >= 0.3 is 0 Å². The number of rotatable bonds is 8. The minimum atomic E-state index is -1.17. The normalized spacial score (nSPS) is 19.6. The summed E-state index contributed by atoms with van der Waals surface area (Å²) in [7, 11) is 0. The predicted octanol–water partition coefficient (Wildman–Crippen LogP) is -1.18. The highest BCUT2D eigenvalue weighted by molar-refractivity contribution is 4.80. The van der Waals surface area contributed by atoms with Gasteiger partial charge in [-0.2, -0.15) is 0 Å². The van der Waals surface area contributed by atoms with Crippen molar-refractivity contribution in [3.05, 3.63) is 6.42 Å². The average molecular weight is 221 g/mol. The smallest absolute Gasteiger partial charge is 0.105 e. The molecular formula is C10H21O5. The number of aliphatic hydroxyl groups is 5. The van der Waals surface area contributed by atoms with Crippen LogP contribution in [0, 0.1) is 6.42 Å². The molecule has 15 heavy (non-hydrogen) atoms. The van der Waals surface area contributed by atoms with E-state index >= 15 is 0 Å². The van der Waals surface area contributed by atoms with Crippen LogP contribution in [-0.2, 0) is 0 Å². The first-order valence-corrected chi connectivity index (χ1v) is 5.13. The van der Waals surface area contributed by atoms with Crippen molar-refractivity contribution >= 4 is 0 Å². The van der Waals surface area contributed by atoms with Crippen LogP contribution < -0.4 is 0 Å². The Labute approximate surface area is 90.0 Å². The Morgan fingerprint density at radius 2 is 1.67 bits per heavy atom. The second-order valence-corrected chi connectivity index (χ2v) is 3.72. The molecule has 0 spiro atoms. The van der Waals surface area contributed by atoms with Gasteiger partial charge in [-0.3, -0.25) is 0 Å². The van der Waals surface area contributed by atoms with E-state index in [1.54, 1.807) is 6.42 Å². The summed E-state index contributed by atoms with van der Waals surface area (Å²) in [6.07, 6.45) is -1.30. The van der Waals surface area contributed by atoms with Crippen LogP contribution in [-0.4, -0.2) is 56.6 Å². The molecule has 0 rings (SSSR count). The van der Waals surface area contributed by atoms with Crippen molar-refractivity contribution in [2.24, 2.45) is 0 Å². The zero-order chi connectivity index (χ0) is 11.8. The summed E-state index contributed by atoms with van der Waals surface area (Å²) in [6.45, 7) is 1.32. The third-order valence-electron chi connectivity index (χ3n) is 2.20. The Bertz CT molecular complexity index is 151. The third-order valence-corrected chi connectivity index (χ3v) is 2.20. The molecule has 4 atom stereocenters. The average Bonchev–Trinajstić information content (AvgIpc) is 2.16. The second kappa shape index (κ2) is 8.01. The Kier molecular flexibility index (Phi) is 7.90. The first kappa shape index (κ1) is 14.8. The van der Waals surface area contributed by atoms with Gasteiger partial charge in [0.2, 0.25) is 0 Å². The Balaban J connectivity index is 3.58. The summed E-state index contributed by atoms with van der Waals surface area (Å²) in [6, 6.07) is 0. The highest BCUT2D eigenvalue weighted by Gasteiger charge is 2.20. The summed E-state index contributed by atoms with van der Waals surface area (Å²) in [5, 5.41) is 45.3. The van der Waals surface area contributed by atoms with Crippen molar-refractivity contribution in [3.8, 4) is 0 Å². The highest BCUT2D eigenvalue weighted by Crippen LogP contribution is 2.09. The zero-order valence-electron chi connectivity index (χ0n) is 8.95. The van der Waals surface area contributed by atoms with E-state index in [0.717, 1.165) is 0 Å². The molecule has 5 nitrogen and oxygen atoms in total. The van der Waals surface area contributed by atoms with Gasteiger partial charge in [-0.25, -0.2) is 0 Å². The molecule has 0 bridgehead atoms. The van der Waals surface area contributed by atoms with Crippen LogP contribution in [0.2, 0.25) is 0 Å². The first-order valence-electron chi connectivity index (χ1n) is 5.13. The molecule has 0 amide bonds. The molecule has 0 heterocycles. The van der Waals surface area contributed by atoms with Gasteiger partial charge < -0.3 is 25.5 Å². The summed E-state index contributed by atoms with van der Waals surface area (Å²) in [5.41, 5.74) is 0. The van der Waals surface area contributed by atoms with Gasteiger partial charge in [-0.05, 0) is 32.6 Å². The van der Waals surface area contributed by atoms with Crippen molar-refractivity contribution in [2.45, 2.75) is 50.6 Å². The summed E-state index contributed by atoms with van der Waals surface area (Å²) in [4.78, 5) is 0. The standard InChI is InChI=1S/C10H21O5/c1-7(12)10(15)9(14)4-2-3-8(13)5-6-11/h2,7-15H,3-6H2,1H3. The van der Waals surface area contributed by atoms with Gasteiger partial charge in [0, 0.05) is 6.61 Å². The molecule has 0 aromatic rings. The van der Waals surface area contributed by atoms with E-state index in [1.807, 2.05) is 0 Å². The maximum absolute atomic E-state index is 9.36. The zero-order valence-corrected chi connectivity index (χ0v) is 8.95. The minimum Gasteiger partial charge on any atom is -0.396 e. The van der Waals surface area contributed by atoms with Gasteiger partial charge in [0.1, 0.15) is 6.10 Å². The lowest BCUT2D eigenvalue weighted by atomic mass is 10.0. The second-order valence-electron chi connectivity index (χ2n) is 3.72. The fraction of sp³-hybridized carbons (Fsp3) is 0.900. The van der Waals surface area contributed by atoms with Crippen molar-refractivity contribution in [2.75, 3.05) is 6.61 Å². The molecule has 0 saturated carbocycles. The van der Waals surface area contributed by atoms with Crippen LogP contribution in [0.4, 0.5) is 0 Å². The monoisotopic (exact) mass is 221 g/mol. The lowest BCUT2D eigenvalue weighted by Gasteiger charge is -2.20. The van der Waals surface area contributed by atoms with Crippen molar-refractivity contribution < 1.29 is 25.5 Å². The van der Waals surface area contributed by atoms with Gasteiger partial charge in [0.05, 0.1) is 18.3 Å². The van der Waals surface area contributed by atoms with E-state index < -0.39 is 24.4 Å². The molecule has 0 saturated heterocycles. The van der Waals surface area contributed by atoms with E-state index in [0.29, 0.717) is 12.8 Å². The van der Waals surface area contributed by atoms with Crippen LogP contribution in [0.5, 0.6) is 0 Å². The molecule has 0 aromatic carbocycles. The fourth-order valence-corrected chi connectivity index (χ4v) is 1.19. The minimum absolute atomic E-state index is 0.0755. The van der Waals surface area contributed by atoms with Gasteiger partial charge in [0.25, 0.3) is 0 Å². The van der Waals surface area contributed by atoms with Gasteiger partial charge in [0.15, 0.2) is 0 Å². The molecule has 4 unspecified atom stereocenters. The molecule has 91 valence electrons. The van der Waals surface area contributed by atoms with E-state index in [1.165, 1.54) is 6.92 Å². The lowest BCUT2D eigenvalue weighted by molar-refractivity contribution is -0.0518. The van der Waals surface area contributed by atoms with Crippen molar-refractivity contribution in [1.82, 2.24) is 0 Å². The number of hydrogen-bond acceptors (Lipinski definition) is 5. The first-order chi connectivity index (χ1) is 6.99. The molecular weight excluding hydrogens is 200 g/mol. The SMILES string of the molecule is CC(O)C(O)C(O)C[CH]CC(O)CCO. The quantitative estimate of drug-likeness (QED) is 0.355. The summed E-state index contributed by atoms with van der Waals surface area (Å²) >= 11 is 0. The van der Waals surface area contributed by atoms with Crippen LogP contribution >= 0.6 is 0 Å². The molecule has 5 N–H and O–H groups in total. The number of aliphatic hydroxyl groups excluding tert-OH is 5. The Morgan fingerprint density at radius 3 is 2.13 bits per heavy atom. The van der Waals surface area contributed by atoms with Gasteiger partial charge in [-0.1, -0.05) is 0 Å². The summed E-state index contributed by atoms with van der Waals surface area (Å²) < 4.78 is 0. The molecule has 0 fully saturated rings. The topological polar surface area (TPSA) is 101 Å². The van der Waals surface area contributed by atoms with E-state index in [4.69, 9.17) is 10.2 Å². The molecule has 5 heteroatoms. The fourth-order valence-electron chi connectivity index (χ4n) is 1.19. The van der Waals surface area contributed by atoms with Gasteiger partial charge in [-0.15, -0.1) is 0 Å². The van der Waals surface area contributed by atoms with Crippen molar-refractivity contribution in [3.63, 3.8) is 0 Å². The summed E-state index contributed by atoms with van der Waals surface area (Å²) in [5.74, 6) is 0. The number of hydrogen-bond donors (Lipinski definition) is 5. The largest absolute Gasteiger partial charge is 0.396 e. The van der Waals surface area contributed by atoms with Crippen LogP contribution in [0.15, 0.2) is 0 Å². The van der Waals surface area contributed by atoms with E-state index in [2.05, 4.69) is 0 Å². The van der Waals surface area contributed by atoms with Crippen LogP contribution in [0.25, 0.3) is 0 Å². The van der Waals surface area contributed by atoms with Crippen LogP contribution in [0.3, 0.4) is 0 Å². The molecule has 0 aromatic heterocycles. The van der Waals surface area contributed by atoms with Crippen molar-refractivity contribution in [1.29, 1.82) is 0 Å². The van der Waals surface area contributed by atoms with E-state index in [-0.39, 0.29) is 13.0 Å². The molecule has 1 radical (unpaired) electrons. The Morgan fingerprint density at radius 1 is 1.07 bits per heavy atom. The predicted molar refractivity (Wildman–Crippen MR) is 54.9 cm³/mol.